The van der Waals surface area contributed by atoms with E-state index in [4.69, 9.17) is 21.9 Å². The first-order valence-electron chi connectivity index (χ1n) is 13.1. The number of hydrogen-bond donors (Lipinski definition) is 1. The van der Waals surface area contributed by atoms with Crippen LogP contribution in [0, 0.1) is 13.8 Å². The molecule has 1 N–H and O–H groups in total. The summed E-state index contributed by atoms with van der Waals surface area (Å²) in [6.07, 6.45) is 9.11. The molecule has 2 atom stereocenters. The van der Waals surface area contributed by atoms with Gasteiger partial charge in [0.1, 0.15) is 11.8 Å². The van der Waals surface area contributed by atoms with E-state index >= 15 is 0 Å². The smallest absolute Gasteiger partial charge is 0.174 e. The van der Waals surface area contributed by atoms with Crippen molar-refractivity contribution in [2.45, 2.75) is 57.7 Å². The lowest BCUT2D eigenvalue weighted by Gasteiger charge is -2.29. The van der Waals surface area contributed by atoms with E-state index < -0.39 is 0 Å². The molecule has 6 heteroatoms. The lowest BCUT2D eigenvalue weighted by molar-refractivity contribution is 0.210. The highest BCUT2D eigenvalue weighted by molar-refractivity contribution is 7.80. The fraction of sp³-hybridized carbons (Fsp3) is 0.290. The van der Waals surface area contributed by atoms with E-state index in [1.807, 2.05) is 18.3 Å². The molecule has 5 nitrogen and oxygen atoms in total. The van der Waals surface area contributed by atoms with Gasteiger partial charge in [-0.2, -0.15) is 0 Å². The second-order valence-corrected chi connectivity index (χ2v) is 10.5. The van der Waals surface area contributed by atoms with Crippen molar-refractivity contribution in [3.63, 3.8) is 0 Å². The molecule has 2 fully saturated rings. The quantitative estimate of drug-likeness (QED) is 0.284. The van der Waals surface area contributed by atoms with Crippen LogP contribution in [0.15, 0.2) is 85.2 Å². The summed E-state index contributed by atoms with van der Waals surface area (Å²) in [5.41, 5.74) is 6.85. The van der Waals surface area contributed by atoms with Gasteiger partial charge in [-0.3, -0.25) is 4.98 Å². The molecule has 1 aliphatic heterocycles. The lowest BCUT2D eigenvalue weighted by Crippen LogP contribution is -2.30. The number of benzene rings is 2. The molecule has 0 bridgehead atoms. The number of ether oxygens (including phenoxy) is 1. The Kier molecular flexibility index (Phi) is 6.43. The van der Waals surface area contributed by atoms with Crippen LogP contribution in [0.25, 0.3) is 5.69 Å². The minimum atomic E-state index is -0.0942. The highest BCUT2D eigenvalue weighted by atomic mass is 32.1. The summed E-state index contributed by atoms with van der Waals surface area (Å²) in [5, 5.41) is 4.27. The van der Waals surface area contributed by atoms with Gasteiger partial charge in [0.05, 0.1) is 17.8 Å². The van der Waals surface area contributed by atoms with Gasteiger partial charge in [-0.05, 0) is 124 Å². The van der Waals surface area contributed by atoms with Crippen LogP contribution < -0.4 is 15.0 Å². The minimum Gasteiger partial charge on any atom is -0.490 e. The third kappa shape index (κ3) is 4.62. The van der Waals surface area contributed by atoms with Crippen molar-refractivity contribution in [3.8, 4) is 11.4 Å². The van der Waals surface area contributed by atoms with E-state index in [1.165, 1.54) is 24.0 Å². The van der Waals surface area contributed by atoms with Crippen molar-refractivity contribution in [2.24, 2.45) is 0 Å². The molecule has 2 unspecified atom stereocenters. The van der Waals surface area contributed by atoms with Crippen molar-refractivity contribution in [3.05, 3.63) is 108 Å². The van der Waals surface area contributed by atoms with E-state index in [1.54, 1.807) is 0 Å². The molecule has 1 saturated heterocycles. The van der Waals surface area contributed by atoms with Crippen LogP contribution in [0.1, 0.15) is 60.3 Å². The molecule has 0 radical (unpaired) electrons. The maximum Gasteiger partial charge on any atom is 0.174 e. The summed E-state index contributed by atoms with van der Waals surface area (Å²) in [7, 11) is 0. The molecular weight excluding hydrogens is 476 g/mol. The van der Waals surface area contributed by atoms with Gasteiger partial charge in [-0.1, -0.05) is 12.1 Å². The van der Waals surface area contributed by atoms with Crippen molar-refractivity contribution in [2.75, 3.05) is 4.90 Å². The second-order valence-electron chi connectivity index (χ2n) is 10.1. The van der Waals surface area contributed by atoms with Gasteiger partial charge in [0.15, 0.2) is 5.11 Å². The van der Waals surface area contributed by atoms with Gasteiger partial charge in [0.2, 0.25) is 0 Å². The fourth-order valence-electron chi connectivity index (χ4n) is 5.56. The van der Waals surface area contributed by atoms with Gasteiger partial charge >= 0.3 is 0 Å². The number of hydrogen-bond acceptors (Lipinski definition) is 3. The van der Waals surface area contributed by atoms with E-state index in [0.717, 1.165) is 41.4 Å². The standard InChI is InChI=1S/C31H32N4OS/c1-21-12-13-24(20-22(21)2)34-19-7-11-28(34)30-29(27-10-5-6-18-32-27)33-31(37)35(30)23-14-16-26(17-15-23)36-25-8-3-4-9-25/h5-7,10-20,25,29-30H,3-4,8-9H2,1-2H3,(H,33,37). The SMILES string of the molecule is Cc1ccc(-n2cccc2C2C(c3ccccn3)NC(=S)N2c2ccc(OC3CCCC3)cc2)cc1C. The first kappa shape index (κ1) is 23.7. The van der Waals surface area contributed by atoms with Crippen molar-refractivity contribution in [1.29, 1.82) is 0 Å². The van der Waals surface area contributed by atoms with E-state index in [0.29, 0.717) is 11.2 Å². The number of pyridine rings is 1. The molecule has 2 aromatic heterocycles. The molecule has 2 aliphatic rings. The third-order valence-corrected chi connectivity index (χ3v) is 7.98. The maximum absolute atomic E-state index is 6.23. The molecule has 4 aromatic rings. The molecule has 1 saturated carbocycles. The zero-order valence-corrected chi connectivity index (χ0v) is 22.1. The van der Waals surface area contributed by atoms with Crippen molar-refractivity contribution < 1.29 is 4.74 Å². The molecule has 3 heterocycles. The molecule has 37 heavy (non-hydrogen) atoms. The Morgan fingerprint density at radius 3 is 2.41 bits per heavy atom. The summed E-state index contributed by atoms with van der Waals surface area (Å²) in [4.78, 5) is 6.93. The maximum atomic E-state index is 6.23. The highest BCUT2D eigenvalue weighted by Gasteiger charge is 2.42. The normalized spacial score (nSPS) is 19.8. The molecule has 6 rings (SSSR count). The summed E-state index contributed by atoms with van der Waals surface area (Å²) < 4.78 is 8.50. The number of nitrogens with zero attached hydrogens (tertiary/aromatic N) is 3. The van der Waals surface area contributed by atoms with Crippen LogP contribution in [0.4, 0.5) is 5.69 Å². The van der Waals surface area contributed by atoms with Crippen LogP contribution in [0.3, 0.4) is 0 Å². The van der Waals surface area contributed by atoms with Crippen LogP contribution in [-0.2, 0) is 0 Å². The number of rotatable bonds is 6. The zero-order valence-electron chi connectivity index (χ0n) is 21.3. The van der Waals surface area contributed by atoms with Gasteiger partial charge in [0.25, 0.3) is 0 Å². The predicted molar refractivity (Wildman–Crippen MR) is 153 cm³/mol. The third-order valence-electron chi connectivity index (χ3n) is 7.67. The van der Waals surface area contributed by atoms with Crippen LogP contribution in [0.2, 0.25) is 0 Å². The number of nitrogens with one attached hydrogen (secondary N) is 1. The average molecular weight is 509 g/mol. The molecule has 188 valence electrons. The Hall–Kier alpha value is -3.64. The second kappa shape index (κ2) is 10.0. The van der Waals surface area contributed by atoms with E-state index in [-0.39, 0.29) is 12.1 Å². The van der Waals surface area contributed by atoms with Crippen LogP contribution in [-0.4, -0.2) is 20.8 Å². The van der Waals surface area contributed by atoms with Gasteiger partial charge in [-0.15, -0.1) is 0 Å². The first-order chi connectivity index (χ1) is 18.1. The zero-order chi connectivity index (χ0) is 25.4. The van der Waals surface area contributed by atoms with E-state index in [9.17, 15) is 0 Å². The Bertz CT molecular complexity index is 1390. The minimum absolute atomic E-state index is 0.0828. The topological polar surface area (TPSA) is 42.3 Å². The highest BCUT2D eigenvalue weighted by Crippen LogP contribution is 2.42. The Morgan fingerprint density at radius 2 is 1.68 bits per heavy atom. The molecule has 0 amide bonds. The Labute approximate surface area is 224 Å². The first-order valence-corrected chi connectivity index (χ1v) is 13.5. The predicted octanol–water partition coefficient (Wildman–Crippen LogP) is 6.99. The number of anilines is 1. The van der Waals surface area contributed by atoms with E-state index in [2.05, 4.69) is 95.5 Å². The van der Waals surface area contributed by atoms with Gasteiger partial charge in [-0.25, -0.2) is 0 Å². The van der Waals surface area contributed by atoms with Gasteiger partial charge in [0, 0.05) is 29.5 Å². The average Bonchev–Trinajstić information content (AvgIpc) is 3.67. The summed E-state index contributed by atoms with van der Waals surface area (Å²) in [6, 6.07) is 25.2. The van der Waals surface area contributed by atoms with Crippen LogP contribution >= 0.6 is 12.2 Å². The molecule has 1 aliphatic carbocycles. The molecular formula is C31H32N4OS. The number of aromatic nitrogens is 2. The Balaban J connectivity index is 1.40. The monoisotopic (exact) mass is 508 g/mol. The van der Waals surface area contributed by atoms with Crippen LogP contribution in [0.5, 0.6) is 5.75 Å². The molecule has 0 spiro atoms. The lowest BCUT2D eigenvalue weighted by atomic mass is 10.0. The van der Waals surface area contributed by atoms with Crippen molar-refractivity contribution in [1.82, 2.24) is 14.9 Å². The molecule has 2 aromatic carbocycles. The largest absolute Gasteiger partial charge is 0.490 e. The number of thiocarbonyl (C=S) groups is 1. The van der Waals surface area contributed by atoms with Crippen molar-refractivity contribution >= 4 is 23.0 Å². The van der Waals surface area contributed by atoms with Gasteiger partial charge < -0.3 is 19.5 Å². The summed E-state index contributed by atoms with van der Waals surface area (Å²) >= 11 is 5.94. The Morgan fingerprint density at radius 1 is 0.892 bits per heavy atom. The summed E-state index contributed by atoms with van der Waals surface area (Å²) in [6.45, 7) is 4.31. The summed E-state index contributed by atoms with van der Waals surface area (Å²) in [5.74, 6) is 0.921. The fourth-order valence-corrected chi connectivity index (χ4v) is 5.91. The number of aryl methyl sites for hydroxylation is 2.